The number of furan rings is 1. The van der Waals surface area contributed by atoms with Gasteiger partial charge in [0.05, 0.1) is 11.8 Å². The molecule has 2 aromatic rings. The highest BCUT2D eigenvalue weighted by Gasteiger charge is 2.21. The molecule has 0 bridgehead atoms. The first kappa shape index (κ1) is 11.0. The Labute approximate surface area is 103 Å². The fourth-order valence-electron chi connectivity index (χ4n) is 2.24. The molecule has 0 amide bonds. The maximum Gasteiger partial charge on any atom is 0.339 e. The normalized spacial score (nSPS) is 14.6. The van der Waals surface area contributed by atoms with Crippen LogP contribution in [0.15, 0.2) is 38.1 Å². The summed E-state index contributed by atoms with van der Waals surface area (Å²) in [5.41, 5.74) is 0.654. The Morgan fingerprint density at radius 1 is 1.22 bits per heavy atom. The summed E-state index contributed by atoms with van der Waals surface area (Å²) in [6, 6.07) is 5.21. The number of hydrogen-bond acceptors (Lipinski definition) is 4. The average Bonchev–Trinajstić information content (AvgIpc) is 2.84. The lowest BCUT2D eigenvalue weighted by Gasteiger charge is -2.13. The molecule has 4 heteroatoms. The van der Waals surface area contributed by atoms with Crippen LogP contribution in [-0.4, -0.2) is 5.78 Å². The van der Waals surface area contributed by atoms with E-state index in [9.17, 15) is 9.59 Å². The molecule has 3 rings (SSSR count). The van der Waals surface area contributed by atoms with E-state index in [4.69, 9.17) is 8.83 Å². The molecule has 0 fully saturated rings. The van der Waals surface area contributed by atoms with Crippen molar-refractivity contribution in [3.05, 3.63) is 57.5 Å². The minimum atomic E-state index is -0.375. The quantitative estimate of drug-likeness (QED) is 0.813. The van der Waals surface area contributed by atoms with Gasteiger partial charge in [-0.1, -0.05) is 0 Å². The lowest BCUT2D eigenvalue weighted by Crippen LogP contribution is -2.17. The van der Waals surface area contributed by atoms with Crippen LogP contribution in [0.2, 0.25) is 0 Å². The van der Waals surface area contributed by atoms with Crippen LogP contribution in [0.1, 0.15) is 40.3 Å². The summed E-state index contributed by atoms with van der Waals surface area (Å²) in [7, 11) is 0. The Morgan fingerprint density at radius 2 is 2.11 bits per heavy atom. The number of carbonyl (C=O) groups is 1. The van der Waals surface area contributed by atoms with E-state index in [1.54, 1.807) is 24.5 Å². The third kappa shape index (κ3) is 1.90. The van der Waals surface area contributed by atoms with Crippen molar-refractivity contribution >= 4 is 5.78 Å². The highest BCUT2D eigenvalue weighted by Crippen LogP contribution is 2.21. The van der Waals surface area contributed by atoms with Crippen LogP contribution in [0.3, 0.4) is 0 Å². The van der Waals surface area contributed by atoms with Gasteiger partial charge in [-0.15, -0.1) is 0 Å². The highest BCUT2D eigenvalue weighted by atomic mass is 16.4. The zero-order chi connectivity index (χ0) is 12.5. The van der Waals surface area contributed by atoms with Gasteiger partial charge in [0.15, 0.2) is 5.78 Å². The molecule has 92 valence electrons. The first-order valence-electron chi connectivity index (χ1n) is 5.95. The third-order valence-corrected chi connectivity index (χ3v) is 3.15. The van der Waals surface area contributed by atoms with E-state index in [0.29, 0.717) is 41.9 Å². The molecule has 0 saturated carbocycles. The molecule has 0 aromatic carbocycles. The van der Waals surface area contributed by atoms with Crippen molar-refractivity contribution in [2.24, 2.45) is 0 Å². The van der Waals surface area contributed by atoms with Gasteiger partial charge in [0.25, 0.3) is 0 Å². The van der Waals surface area contributed by atoms with Crippen LogP contribution in [-0.2, 0) is 12.8 Å². The topological polar surface area (TPSA) is 60.4 Å². The molecule has 1 aliphatic rings. The number of ketones is 1. The van der Waals surface area contributed by atoms with Crippen molar-refractivity contribution in [2.45, 2.75) is 25.7 Å². The van der Waals surface area contributed by atoms with E-state index in [1.807, 2.05) is 0 Å². The molecule has 0 radical (unpaired) electrons. The molecule has 1 aliphatic carbocycles. The van der Waals surface area contributed by atoms with E-state index in [1.165, 1.54) is 0 Å². The van der Waals surface area contributed by atoms with Gasteiger partial charge >= 0.3 is 5.63 Å². The van der Waals surface area contributed by atoms with Crippen LogP contribution in [0, 0.1) is 0 Å². The van der Waals surface area contributed by atoms with Crippen LogP contribution in [0.25, 0.3) is 0 Å². The molecular weight excluding hydrogens is 232 g/mol. The molecule has 2 aromatic heterocycles. The first-order chi connectivity index (χ1) is 8.74. The first-order valence-corrected chi connectivity index (χ1v) is 5.95. The van der Waals surface area contributed by atoms with Crippen molar-refractivity contribution in [1.82, 2.24) is 0 Å². The maximum atomic E-state index is 11.8. The van der Waals surface area contributed by atoms with Crippen molar-refractivity contribution in [1.29, 1.82) is 0 Å². The number of fused-ring (bicyclic) bond motifs is 1. The van der Waals surface area contributed by atoms with Gasteiger partial charge < -0.3 is 8.83 Å². The van der Waals surface area contributed by atoms with E-state index in [2.05, 4.69) is 0 Å². The van der Waals surface area contributed by atoms with Gasteiger partial charge in [0, 0.05) is 24.8 Å². The Hall–Kier alpha value is -2.10. The predicted octanol–water partition coefficient (Wildman–Crippen LogP) is 2.34. The molecule has 0 aliphatic heterocycles. The van der Waals surface area contributed by atoms with Crippen LogP contribution < -0.4 is 5.63 Å². The monoisotopic (exact) mass is 244 g/mol. The van der Waals surface area contributed by atoms with Gasteiger partial charge in [-0.25, -0.2) is 4.79 Å². The van der Waals surface area contributed by atoms with E-state index in [0.717, 1.165) is 6.42 Å². The lowest BCUT2D eigenvalue weighted by molar-refractivity contribution is 0.0965. The Morgan fingerprint density at radius 3 is 2.89 bits per heavy atom. The molecule has 4 nitrogen and oxygen atoms in total. The number of rotatable bonds is 2. The SMILES string of the molecule is O=C1CCCc2oc(=O)c(Cc3ccco3)cc21. The van der Waals surface area contributed by atoms with E-state index < -0.39 is 0 Å². The Bertz CT molecular complexity index is 634. The largest absolute Gasteiger partial charge is 0.469 e. The van der Waals surface area contributed by atoms with Crippen molar-refractivity contribution < 1.29 is 13.6 Å². The summed E-state index contributed by atoms with van der Waals surface area (Å²) < 4.78 is 10.4. The van der Waals surface area contributed by atoms with Crippen LogP contribution >= 0.6 is 0 Å². The third-order valence-electron chi connectivity index (χ3n) is 3.15. The number of carbonyl (C=O) groups excluding carboxylic acids is 1. The molecule has 0 N–H and O–H groups in total. The van der Waals surface area contributed by atoms with Crippen molar-refractivity contribution in [3.63, 3.8) is 0 Å². The fraction of sp³-hybridized carbons (Fsp3) is 0.286. The lowest BCUT2D eigenvalue weighted by atomic mass is 9.94. The summed E-state index contributed by atoms with van der Waals surface area (Å²) in [4.78, 5) is 23.6. The van der Waals surface area contributed by atoms with E-state index >= 15 is 0 Å². The molecule has 0 spiro atoms. The standard InChI is InChI=1S/C14H12O4/c15-12-4-1-5-13-11(12)8-9(14(16)18-13)7-10-3-2-6-17-10/h2-3,6,8H,1,4-5,7H2. The number of hydrogen-bond donors (Lipinski definition) is 0. The van der Waals surface area contributed by atoms with Gasteiger partial charge in [-0.3, -0.25) is 4.79 Å². The van der Waals surface area contributed by atoms with Crippen LogP contribution in [0.4, 0.5) is 0 Å². The fourth-order valence-corrected chi connectivity index (χ4v) is 2.24. The average molecular weight is 244 g/mol. The minimum Gasteiger partial charge on any atom is -0.469 e. The van der Waals surface area contributed by atoms with Gasteiger partial charge in [-0.05, 0) is 24.6 Å². The molecule has 2 heterocycles. The summed E-state index contributed by atoms with van der Waals surface area (Å²) in [5, 5.41) is 0. The zero-order valence-electron chi connectivity index (χ0n) is 9.77. The van der Waals surface area contributed by atoms with Crippen molar-refractivity contribution in [2.75, 3.05) is 0 Å². The maximum absolute atomic E-state index is 11.8. The predicted molar refractivity (Wildman–Crippen MR) is 63.8 cm³/mol. The second kappa shape index (κ2) is 4.29. The highest BCUT2D eigenvalue weighted by molar-refractivity contribution is 5.97. The van der Waals surface area contributed by atoms with Crippen LogP contribution in [0.5, 0.6) is 0 Å². The Kier molecular flexibility index (Phi) is 2.63. The van der Waals surface area contributed by atoms with Gasteiger partial charge in [-0.2, -0.15) is 0 Å². The summed E-state index contributed by atoms with van der Waals surface area (Å²) in [5.74, 6) is 1.27. The second-order valence-electron chi connectivity index (χ2n) is 4.43. The van der Waals surface area contributed by atoms with E-state index in [-0.39, 0.29) is 11.4 Å². The van der Waals surface area contributed by atoms with Crippen molar-refractivity contribution in [3.8, 4) is 0 Å². The molecule has 0 saturated heterocycles. The molecular formula is C14H12O4. The Balaban J connectivity index is 2.03. The number of aryl methyl sites for hydroxylation is 1. The van der Waals surface area contributed by atoms with Gasteiger partial charge in [0.1, 0.15) is 11.5 Å². The number of Topliss-reactive ketones (excluding diaryl/α,β-unsaturated/α-hetero) is 1. The molecule has 18 heavy (non-hydrogen) atoms. The minimum absolute atomic E-state index is 0.0562. The molecule has 0 atom stereocenters. The molecule has 0 unspecified atom stereocenters. The zero-order valence-corrected chi connectivity index (χ0v) is 9.77. The summed E-state index contributed by atoms with van der Waals surface area (Å²) >= 11 is 0. The van der Waals surface area contributed by atoms with Gasteiger partial charge in [0.2, 0.25) is 0 Å². The second-order valence-corrected chi connectivity index (χ2v) is 4.43. The summed E-state index contributed by atoms with van der Waals surface area (Å²) in [6.07, 6.45) is 3.86. The summed E-state index contributed by atoms with van der Waals surface area (Å²) in [6.45, 7) is 0. The smallest absolute Gasteiger partial charge is 0.339 e.